The quantitative estimate of drug-likeness (QED) is 0.526. The summed E-state index contributed by atoms with van der Waals surface area (Å²) in [6.45, 7) is 3.93. The molecule has 0 spiro atoms. The molecule has 0 bridgehead atoms. The molecule has 4 rings (SSSR count). The van der Waals surface area contributed by atoms with E-state index in [1.165, 1.54) is 0 Å². The average molecular weight is 391 g/mol. The molecule has 0 atom stereocenters. The maximum absolute atomic E-state index is 5.77. The van der Waals surface area contributed by atoms with Gasteiger partial charge >= 0.3 is 0 Å². The molecule has 2 N–H and O–H groups in total. The Hall–Kier alpha value is -3.48. The van der Waals surface area contributed by atoms with Gasteiger partial charge in [0, 0.05) is 38.0 Å². The summed E-state index contributed by atoms with van der Waals surface area (Å²) in [6.07, 6.45) is 2.86. The number of hydrogen-bond acceptors (Lipinski definition) is 4. The van der Waals surface area contributed by atoms with E-state index in [0.717, 1.165) is 40.6 Å². The number of benzene rings is 2. The van der Waals surface area contributed by atoms with E-state index >= 15 is 0 Å². The van der Waals surface area contributed by atoms with E-state index in [2.05, 4.69) is 32.9 Å². The highest BCUT2D eigenvalue weighted by Crippen LogP contribution is 2.32. The summed E-state index contributed by atoms with van der Waals surface area (Å²) < 4.78 is 13.4. The number of aromatic nitrogens is 2. The fourth-order valence-corrected chi connectivity index (χ4v) is 3.17. The summed E-state index contributed by atoms with van der Waals surface area (Å²) in [5.41, 5.74) is 4.04. The van der Waals surface area contributed by atoms with Crippen molar-refractivity contribution >= 4 is 11.6 Å². The van der Waals surface area contributed by atoms with Crippen LogP contribution in [0.25, 0.3) is 5.69 Å². The Balaban J connectivity index is 1.45. The Morgan fingerprint density at radius 1 is 1.10 bits per heavy atom. The van der Waals surface area contributed by atoms with Gasteiger partial charge in [-0.2, -0.15) is 5.10 Å². The zero-order valence-corrected chi connectivity index (χ0v) is 16.7. The number of ether oxygens (including phenoxy) is 2. The number of aryl methyl sites for hydroxylation is 1. The highest BCUT2D eigenvalue weighted by Gasteiger charge is 2.12. The Labute approximate surface area is 170 Å². The van der Waals surface area contributed by atoms with Gasteiger partial charge in [-0.3, -0.25) is 4.99 Å². The number of hydrogen-bond donors (Lipinski definition) is 2. The van der Waals surface area contributed by atoms with Crippen molar-refractivity contribution in [1.82, 2.24) is 15.1 Å². The van der Waals surface area contributed by atoms with Crippen molar-refractivity contribution in [2.24, 2.45) is 4.99 Å². The van der Waals surface area contributed by atoms with Gasteiger partial charge in [-0.25, -0.2) is 4.68 Å². The molecule has 0 unspecified atom stereocenters. The van der Waals surface area contributed by atoms with E-state index in [0.29, 0.717) is 25.7 Å². The third-order valence-corrected chi connectivity index (χ3v) is 4.64. The van der Waals surface area contributed by atoms with Crippen molar-refractivity contribution < 1.29 is 9.47 Å². The summed E-state index contributed by atoms with van der Waals surface area (Å²) >= 11 is 0. The van der Waals surface area contributed by atoms with Crippen LogP contribution in [-0.4, -0.2) is 36.0 Å². The largest absolute Gasteiger partial charge is 0.490 e. The van der Waals surface area contributed by atoms with E-state index in [9.17, 15) is 0 Å². The standard InChI is InChI=1S/C22H25N5O2/c1-16-10-11-27(26-16)19-7-4-3-6-17(19)15-24-22(23-2)25-18-8-9-20-21(14-18)29-13-5-12-28-20/h3-4,6-11,14H,5,12-13,15H2,1-2H3,(H2,23,24,25). The maximum atomic E-state index is 5.77. The molecule has 0 amide bonds. The van der Waals surface area contributed by atoms with E-state index in [4.69, 9.17) is 9.47 Å². The van der Waals surface area contributed by atoms with Crippen molar-refractivity contribution in [2.75, 3.05) is 25.6 Å². The van der Waals surface area contributed by atoms with Crippen LogP contribution in [0.5, 0.6) is 11.5 Å². The summed E-state index contributed by atoms with van der Waals surface area (Å²) in [5.74, 6) is 2.20. The summed E-state index contributed by atoms with van der Waals surface area (Å²) in [5, 5.41) is 11.2. The number of guanidine groups is 1. The lowest BCUT2D eigenvalue weighted by Gasteiger charge is -2.15. The van der Waals surface area contributed by atoms with Crippen LogP contribution in [0, 0.1) is 6.92 Å². The first kappa shape index (κ1) is 18.9. The molecule has 3 aromatic rings. The Morgan fingerprint density at radius 2 is 1.93 bits per heavy atom. The molecule has 7 heteroatoms. The minimum absolute atomic E-state index is 0.610. The Morgan fingerprint density at radius 3 is 2.72 bits per heavy atom. The van der Waals surface area contributed by atoms with Crippen LogP contribution in [0.1, 0.15) is 17.7 Å². The van der Waals surface area contributed by atoms with Gasteiger partial charge in [0.15, 0.2) is 17.5 Å². The van der Waals surface area contributed by atoms with Crippen molar-refractivity contribution in [3.63, 3.8) is 0 Å². The molecule has 1 aliphatic heterocycles. The van der Waals surface area contributed by atoms with E-state index in [1.54, 1.807) is 7.05 Å². The number of fused-ring (bicyclic) bond motifs is 1. The van der Waals surface area contributed by atoms with Crippen molar-refractivity contribution in [1.29, 1.82) is 0 Å². The van der Waals surface area contributed by atoms with Gasteiger partial charge in [0.05, 0.1) is 24.6 Å². The van der Waals surface area contributed by atoms with Crippen LogP contribution in [0.15, 0.2) is 59.7 Å². The summed E-state index contributed by atoms with van der Waals surface area (Å²) in [7, 11) is 1.75. The molecule has 0 saturated carbocycles. The first-order valence-electron chi connectivity index (χ1n) is 9.71. The van der Waals surface area contributed by atoms with Crippen LogP contribution >= 0.6 is 0 Å². The van der Waals surface area contributed by atoms with Crippen LogP contribution in [-0.2, 0) is 6.54 Å². The second-order valence-electron chi connectivity index (χ2n) is 6.79. The fraction of sp³-hybridized carbons (Fsp3) is 0.273. The second-order valence-corrected chi connectivity index (χ2v) is 6.79. The van der Waals surface area contributed by atoms with Crippen molar-refractivity contribution in [2.45, 2.75) is 19.9 Å². The molecule has 2 aromatic carbocycles. The molecule has 29 heavy (non-hydrogen) atoms. The molecular weight excluding hydrogens is 366 g/mol. The normalized spacial score (nSPS) is 13.7. The molecule has 2 heterocycles. The molecule has 0 fully saturated rings. The van der Waals surface area contributed by atoms with Crippen LogP contribution in [0.2, 0.25) is 0 Å². The lowest BCUT2D eigenvalue weighted by Crippen LogP contribution is -2.30. The number of nitrogens with one attached hydrogen (secondary N) is 2. The van der Waals surface area contributed by atoms with Gasteiger partial charge in [-0.1, -0.05) is 18.2 Å². The Kier molecular flexibility index (Phi) is 5.65. The first-order valence-corrected chi connectivity index (χ1v) is 9.71. The van der Waals surface area contributed by atoms with Crippen molar-refractivity contribution in [3.05, 3.63) is 66.0 Å². The smallest absolute Gasteiger partial charge is 0.195 e. The van der Waals surface area contributed by atoms with Crippen molar-refractivity contribution in [3.8, 4) is 17.2 Å². The number of rotatable bonds is 4. The first-order chi connectivity index (χ1) is 14.2. The Bertz CT molecular complexity index is 1010. The number of anilines is 1. The van der Waals surface area contributed by atoms with Gasteiger partial charge in [0.25, 0.3) is 0 Å². The highest BCUT2D eigenvalue weighted by atomic mass is 16.5. The lowest BCUT2D eigenvalue weighted by atomic mass is 10.2. The van der Waals surface area contributed by atoms with Crippen LogP contribution in [0.3, 0.4) is 0 Å². The minimum Gasteiger partial charge on any atom is -0.490 e. The third kappa shape index (κ3) is 4.51. The van der Waals surface area contributed by atoms with Gasteiger partial charge in [-0.15, -0.1) is 0 Å². The molecule has 7 nitrogen and oxygen atoms in total. The summed E-state index contributed by atoms with van der Waals surface area (Å²) in [4.78, 5) is 4.34. The van der Waals surface area contributed by atoms with Crippen LogP contribution in [0.4, 0.5) is 5.69 Å². The average Bonchev–Trinajstić information content (AvgIpc) is 3.04. The molecular formula is C22H25N5O2. The monoisotopic (exact) mass is 391 g/mol. The number of para-hydroxylation sites is 1. The molecule has 0 aliphatic carbocycles. The van der Waals surface area contributed by atoms with Gasteiger partial charge in [0.1, 0.15) is 0 Å². The number of aliphatic imine (C=N–C) groups is 1. The number of nitrogens with zero attached hydrogens (tertiary/aromatic N) is 3. The zero-order chi connectivity index (χ0) is 20.1. The van der Waals surface area contributed by atoms with Gasteiger partial charge in [0.2, 0.25) is 0 Å². The molecule has 0 saturated heterocycles. The molecule has 1 aromatic heterocycles. The van der Waals surface area contributed by atoms with Crippen LogP contribution < -0.4 is 20.1 Å². The second kappa shape index (κ2) is 8.68. The zero-order valence-electron chi connectivity index (χ0n) is 16.7. The maximum Gasteiger partial charge on any atom is 0.195 e. The minimum atomic E-state index is 0.610. The van der Waals surface area contributed by atoms with E-state index in [1.807, 2.05) is 54.2 Å². The molecule has 0 radical (unpaired) electrons. The predicted octanol–water partition coefficient (Wildman–Crippen LogP) is 3.53. The van der Waals surface area contributed by atoms with Gasteiger partial charge < -0.3 is 20.1 Å². The highest BCUT2D eigenvalue weighted by molar-refractivity contribution is 5.93. The molecule has 1 aliphatic rings. The fourth-order valence-electron chi connectivity index (χ4n) is 3.17. The van der Waals surface area contributed by atoms with E-state index in [-0.39, 0.29) is 0 Å². The SMILES string of the molecule is CN=C(NCc1ccccc1-n1ccc(C)n1)Nc1ccc2c(c1)OCCCO2. The summed E-state index contributed by atoms with van der Waals surface area (Å²) in [6, 6.07) is 16.0. The predicted molar refractivity (Wildman–Crippen MR) is 114 cm³/mol. The van der Waals surface area contributed by atoms with Gasteiger partial charge in [-0.05, 0) is 36.8 Å². The topological polar surface area (TPSA) is 72.7 Å². The third-order valence-electron chi connectivity index (χ3n) is 4.64. The van der Waals surface area contributed by atoms with E-state index < -0.39 is 0 Å². The lowest BCUT2D eigenvalue weighted by molar-refractivity contribution is 0.297. The molecule has 150 valence electrons.